The Morgan fingerprint density at radius 3 is 3.04 bits per heavy atom. The van der Waals surface area contributed by atoms with Gasteiger partial charge in [0.2, 0.25) is 5.16 Å². The predicted molar refractivity (Wildman–Crippen MR) is 97.0 cm³/mol. The van der Waals surface area contributed by atoms with Crippen molar-refractivity contribution >= 4 is 44.7 Å². The van der Waals surface area contributed by atoms with E-state index in [4.69, 9.17) is 5.84 Å². The lowest BCUT2D eigenvalue weighted by Gasteiger charge is -2.04. The van der Waals surface area contributed by atoms with Crippen molar-refractivity contribution < 1.29 is 0 Å². The molecule has 1 aliphatic carbocycles. The summed E-state index contributed by atoms with van der Waals surface area (Å²) in [6.07, 6.45) is 5.08. The van der Waals surface area contributed by atoms with Crippen LogP contribution in [0.3, 0.4) is 0 Å². The van der Waals surface area contributed by atoms with Gasteiger partial charge in [0.25, 0.3) is 0 Å². The molecule has 4 aromatic rings. The summed E-state index contributed by atoms with van der Waals surface area (Å²) >= 11 is 4.83. The van der Waals surface area contributed by atoms with E-state index in [9.17, 15) is 0 Å². The molecule has 9 heteroatoms. The highest BCUT2D eigenvalue weighted by Gasteiger charge is 2.23. The zero-order valence-electron chi connectivity index (χ0n) is 12.5. The summed E-state index contributed by atoms with van der Waals surface area (Å²) in [5, 5.41) is 13.2. The van der Waals surface area contributed by atoms with Crippen molar-refractivity contribution in [3.05, 3.63) is 34.3 Å². The second-order valence-electron chi connectivity index (χ2n) is 5.47. The average Bonchev–Trinajstić information content (AvgIpc) is 3.32. The Hall–Kier alpha value is -1.97. The van der Waals surface area contributed by atoms with Crippen molar-refractivity contribution in [2.75, 3.05) is 5.84 Å². The Morgan fingerprint density at radius 2 is 2.17 bits per heavy atom. The maximum Gasteiger partial charge on any atom is 0.216 e. The number of aryl methyl sites for hydroxylation is 2. The van der Waals surface area contributed by atoms with E-state index in [1.165, 1.54) is 38.7 Å². The number of aromatic nitrogens is 5. The maximum atomic E-state index is 6.21. The average molecular weight is 373 g/mol. The molecule has 4 aromatic heterocycles. The molecule has 2 N–H and O–H groups in total. The summed E-state index contributed by atoms with van der Waals surface area (Å²) in [6, 6.07) is 3.96. The molecule has 0 bridgehead atoms. The van der Waals surface area contributed by atoms with Gasteiger partial charge in [-0.15, -0.1) is 32.9 Å². The van der Waals surface area contributed by atoms with Crippen LogP contribution in [0.2, 0.25) is 0 Å². The zero-order valence-corrected chi connectivity index (χ0v) is 14.9. The van der Waals surface area contributed by atoms with Crippen LogP contribution in [0.5, 0.6) is 0 Å². The summed E-state index contributed by atoms with van der Waals surface area (Å²) in [6.45, 7) is 0. The highest BCUT2D eigenvalue weighted by Crippen LogP contribution is 2.41. The lowest BCUT2D eigenvalue weighted by molar-refractivity contribution is 0.848. The van der Waals surface area contributed by atoms with Crippen molar-refractivity contribution in [2.45, 2.75) is 29.4 Å². The monoisotopic (exact) mass is 372 g/mol. The zero-order chi connectivity index (χ0) is 16.1. The van der Waals surface area contributed by atoms with Crippen LogP contribution in [-0.2, 0) is 12.8 Å². The minimum atomic E-state index is 0.636. The second kappa shape index (κ2) is 5.54. The first-order valence-corrected chi connectivity index (χ1v) is 10.00. The number of hydrogen-bond donors (Lipinski definition) is 1. The Morgan fingerprint density at radius 1 is 1.21 bits per heavy atom. The van der Waals surface area contributed by atoms with E-state index < -0.39 is 0 Å². The number of fused-ring (bicyclic) bond motifs is 3. The lowest BCUT2D eigenvalue weighted by Crippen LogP contribution is -2.11. The van der Waals surface area contributed by atoms with Crippen molar-refractivity contribution in [3.8, 4) is 10.7 Å². The number of nitrogens with two attached hydrogens (primary N) is 1. The molecular weight excluding hydrogens is 360 g/mol. The van der Waals surface area contributed by atoms with Crippen LogP contribution < -0.4 is 5.84 Å². The van der Waals surface area contributed by atoms with Gasteiger partial charge in [-0.1, -0.05) is 6.07 Å². The first-order chi connectivity index (χ1) is 11.8. The van der Waals surface area contributed by atoms with E-state index in [2.05, 4.69) is 20.2 Å². The molecule has 24 heavy (non-hydrogen) atoms. The van der Waals surface area contributed by atoms with Gasteiger partial charge in [0.15, 0.2) is 5.82 Å². The Bertz CT molecular complexity index is 1030. The summed E-state index contributed by atoms with van der Waals surface area (Å²) in [5.41, 5.74) is 1.40. The van der Waals surface area contributed by atoms with E-state index in [-0.39, 0.29) is 0 Å². The second-order valence-corrected chi connectivity index (χ2v) is 8.46. The van der Waals surface area contributed by atoms with Crippen LogP contribution in [0, 0.1) is 0 Å². The summed E-state index contributed by atoms with van der Waals surface area (Å²) in [4.78, 5) is 12.4. The fourth-order valence-electron chi connectivity index (χ4n) is 2.98. The Balaban J connectivity index is 1.58. The molecular formula is C15H12N6S3. The SMILES string of the molecule is Nn1c(Sc2ncnc3sc4c(c23)CCC4)nnc1-c1cccs1. The molecule has 4 heterocycles. The van der Waals surface area contributed by atoms with Crippen LogP contribution in [-0.4, -0.2) is 24.8 Å². The standard InChI is InChI=1S/C15H12N6S3/c16-21-12(10-5-2-6-22-10)19-20-15(21)24-14-11-8-3-1-4-9(8)23-13(11)17-7-18-14/h2,5-7H,1,3-4,16H2. The third-order valence-corrected chi connectivity index (χ3v) is 7.09. The Kier molecular flexibility index (Phi) is 3.32. The van der Waals surface area contributed by atoms with E-state index >= 15 is 0 Å². The van der Waals surface area contributed by atoms with Gasteiger partial charge in [0, 0.05) is 10.3 Å². The van der Waals surface area contributed by atoms with Crippen LogP contribution >= 0.6 is 34.4 Å². The van der Waals surface area contributed by atoms with Crippen molar-refractivity contribution in [1.82, 2.24) is 24.8 Å². The maximum absolute atomic E-state index is 6.21. The third-order valence-electron chi connectivity index (χ3n) is 4.06. The molecule has 0 aromatic carbocycles. The van der Waals surface area contributed by atoms with Crippen LogP contribution in [0.25, 0.3) is 20.9 Å². The first kappa shape index (κ1) is 14.4. The number of nitrogen functional groups attached to an aromatic ring is 1. The largest absolute Gasteiger partial charge is 0.335 e. The minimum absolute atomic E-state index is 0.636. The predicted octanol–water partition coefficient (Wildman–Crippen LogP) is 3.37. The molecule has 0 aliphatic heterocycles. The van der Waals surface area contributed by atoms with E-state index in [1.54, 1.807) is 29.0 Å². The molecule has 1 aliphatic rings. The molecule has 0 unspecified atom stereocenters. The molecule has 0 amide bonds. The van der Waals surface area contributed by atoms with Crippen LogP contribution in [0.1, 0.15) is 16.9 Å². The van der Waals surface area contributed by atoms with Gasteiger partial charge in [-0.25, -0.2) is 14.6 Å². The fraction of sp³-hybridized carbons (Fsp3) is 0.200. The number of nitrogens with zero attached hydrogens (tertiary/aromatic N) is 5. The van der Waals surface area contributed by atoms with Gasteiger partial charge in [0.1, 0.15) is 16.2 Å². The molecule has 0 saturated heterocycles. The smallest absolute Gasteiger partial charge is 0.216 e. The fourth-order valence-corrected chi connectivity index (χ4v) is 5.84. The molecule has 5 rings (SSSR count). The normalized spacial score (nSPS) is 13.7. The molecule has 0 spiro atoms. The van der Waals surface area contributed by atoms with Crippen molar-refractivity contribution in [1.29, 1.82) is 0 Å². The van der Waals surface area contributed by atoms with E-state index in [0.717, 1.165) is 27.6 Å². The van der Waals surface area contributed by atoms with E-state index in [0.29, 0.717) is 11.0 Å². The van der Waals surface area contributed by atoms with Gasteiger partial charge in [0.05, 0.1) is 4.88 Å². The quantitative estimate of drug-likeness (QED) is 0.439. The van der Waals surface area contributed by atoms with Gasteiger partial charge in [-0.05, 0) is 48.0 Å². The van der Waals surface area contributed by atoms with Crippen molar-refractivity contribution in [2.24, 2.45) is 0 Å². The van der Waals surface area contributed by atoms with Gasteiger partial charge < -0.3 is 5.84 Å². The van der Waals surface area contributed by atoms with Gasteiger partial charge in [-0.3, -0.25) is 0 Å². The Labute approximate surface area is 149 Å². The van der Waals surface area contributed by atoms with E-state index in [1.807, 2.05) is 17.5 Å². The topological polar surface area (TPSA) is 82.5 Å². The summed E-state index contributed by atoms with van der Waals surface area (Å²) < 4.78 is 1.54. The van der Waals surface area contributed by atoms with Crippen LogP contribution in [0.15, 0.2) is 34.0 Å². The number of thiophene rings is 2. The van der Waals surface area contributed by atoms with Crippen molar-refractivity contribution in [3.63, 3.8) is 0 Å². The summed E-state index contributed by atoms with van der Waals surface area (Å²) in [7, 11) is 0. The van der Waals surface area contributed by atoms with Gasteiger partial charge >= 0.3 is 0 Å². The van der Waals surface area contributed by atoms with Crippen LogP contribution in [0.4, 0.5) is 0 Å². The highest BCUT2D eigenvalue weighted by molar-refractivity contribution is 7.99. The number of rotatable bonds is 3. The molecule has 6 nitrogen and oxygen atoms in total. The molecule has 0 atom stereocenters. The molecule has 120 valence electrons. The molecule has 0 fully saturated rings. The molecule has 0 saturated carbocycles. The van der Waals surface area contributed by atoms with Gasteiger partial charge in [-0.2, -0.15) is 0 Å². The lowest BCUT2D eigenvalue weighted by atomic mass is 10.2. The summed E-state index contributed by atoms with van der Waals surface area (Å²) in [5.74, 6) is 6.89. The minimum Gasteiger partial charge on any atom is -0.335 e. The molecule has 0 radical (unpaired) electrons. The third kappa shape index (κ3) is 2.15. The highest BCUT2D eigenvalue weighted by atomic mass is 32.2. The first-order valence-electron chi connectivity index (χ1n) is 7.49. The number of hydrogen-bond acceptors (Lipinski definition) is 8.